The molecule has 0 heterocycles. The molecule has 0 unspecified atom stereocenters. The molecule has 0 atom stereocenters. The van der Waals surface area contributed by atoms with Gasteiger partial charge in [0, 0.05) is 0 Å². The van der Waals surface area contributed by atoms with Crippen molar-refractivity contribution in [3.63, 3.8) is 0 Å². The summed E-state index contributed by atoms with van der Waals surface area (Å²) in [5.41, 5.74) is 0.662. The third kappa shape index (κ3) is 4.85. The van der Waals surface area contributed by atoms with Gasteiger partial charge in [0.15, 0.2) is 0 Å². The Morgan fingerprint density at radius 3 is 2.40 bits per heavy atom. The van der Waals surface area contributed by atoms with Crippen molar-refractivity contribution < 1.29 is 18.3 Å². The number of hydrogen-bond acceptors (Lipinski definition) is 4. The van der Waals surface area contributed by atoms with E-state index in [1.54, 1.807) is 30.3 Å². The van der Waals surface area contributed by atoms with Gasteiger partial charge in [0.2, 0.25) is 8.87 Å². The fourth-order valence-corrected chi connectivity index (χ4v) is 3.42. The van der Waals surface area contributed by atoms with Crippen molar-refractivity contribution in [3.05, 3.63) is 35.9 Å². The summed E-state index contributed by atoms with van der Waals surface area (Å²) < 4.78 is 22.8. The first-order valence-corrected chi connectivity index (χ1v) is 7.28. The maximum atomic E-state index is 11.4. The minimum Gasteiger partial charge on any atom is -0.481 e. The second kappa shape index (κ2) is 5.18. The number of carbonyl (C=O) groups is 1. The van der Waals surface area contributed by atoms with Gasteiger partial charge in [-0.2, -0.15) is 0 Å². The molecule has 0 aliphatic carbocycles. The van der Waals surface area contributed by atoms with Crippen LogP contribution in [0.15, 0.2) is 30.3 Å². The SMILES string of the molecule is O=C(O)CSS(=O)(=O)Cc1ccccc1. The van der Waals surface area contributed by atoms with Crippen molar-refractivity contribution in [1.82, 2.24) is 0 Å². The van der Waals surface area contributed by atoms with E-state index in [0.717, 1.165) is 0 Å². The average molecular weight is 246 g/mol. The fraction of sp³-hybridized carbons (Fsp3) is 0.222. The summed E-state index contributed by atoms with van der Waals surface area (Å²) in [4.78, 5) is 10.2. The third-order valence-electron chi connectivity index (χ3n) is 1.55. The number of benzene rings is 1. The van der Waals surface area contributed by atoms with E-state index in [2.05, 4.69) is 0 Å². The molecule has 1 rings (SSSR count). The molecule has 0 saturated heterocycles. The number of carboxylic acid groups (broad SMARTS) is 1. The highest BCUT2D eigenvalue weighted by Gasteiger charge is 2.14. The van der Waals surface area contributed by atoms with E-state index in [1.165, 1.54) is 0 Å². The highest BCUT2D eigenvalue weighted by atomic mass is 33.1. The van der Waals surface area contributed by atoms with Gasteiger partial charge in [-0.05, 0) is 16.4 Å². The van der Waals surface area contributed by atoms with Crippen molar-refractivity contribution >= 4 is 25.6 Å². The van der Waals surface area contributed by atoms with Gasteiger partial charge >= 0.3 is 5.97 Å². The molecular formula is C9H10O4S2. The lowest BCUT2D eigenvalue weighted by molar-refractivity contribution is -0.133. The van der Waals surface area contributed by atoms with Crippen LogP contribution in [0.1, 0.15) is 5.56 Å². The maximum absolute atomic E-state index is 11.4. The number of aliphatic carboxylic acids is 1. The van der Waals surface area contributed by atoms with Gasteiger partial charge in [-0.3, -0.25) is 4.79 Å². The van der Waals surface area contributed by atoms with Crippen LogP contribution in [0.5, 0.6) is 0 Å². The zero-order valence-electron chi connectivity index (χ0n) is 7.79. The fourth-order valence-electron chi connectivity index (χ4n) is 0.960. The van der Waals surface area contributed by atoms with Crippen LogP contribution in [0.3, 0.4) is 0 Å². The zero-order chi connectivity index (χ0) is 11.3. The van der Waals surface area contributed by atoms with Crippen LogP contribution in [0.4, 0.5) is 0 Å². The second-order valence-electron chi connectivity index (χ2n) is 2.84. The predicted octanol–water partition coefficient (Wildman–Crippen LogP) is 1.33. The van der Waals surface area contributed by atoms with Crippen LogP contribution in [0.2, 0.25) is 0 Å². The van der Waals surface area contributed by atoms with E-state index in [9.17, 15) is 13.2 Å². The molecule has 0 bridgehead atoms. The molecule has 6 heteroatoms. The van der Waals surface area contributed by atoms with E-state index in [1.807, 2.05) is 0 Å². The molecule has 0 amide bonds. The summed E-state index contributed by atoms with van der Waals surface area (Å²) in [7, 11) is -2.94. The van der Waals surface area contributed by atoms with Gasteiger partial charge in [0.05, 0.1) is 5.75 Å². The van der Waals surface area contributed by atoms with Crippen molar-refractivity contribution in [1.29, 1.82) is 0 Å². The first-order valence-electron chi connectivity index (χ1n) is 4.12. The molecule has 0 fully saturated rings. The third-order valence-corrected chi connectivity index (χ3v) is 4.74. The Labute approximate surface area is 91.6 Å². The van der Waals surface area contributed by atoms with E-state index in [4.69, 9.17) is 5.11 Å². The average Bonchev–Trinajstić information content (AvgIpc) is 2.16. The quantitative estimate of drug-likeness (QED) is 0.794. The minimum absolute atomic E-state index is 0.133. The Morgan fingerprint density at radius 2 is 1.87 bits per heavy atom. The molecule has 0 aliphatic rings. The van der Waals surface area contributed by atoms with E-state index < -0.39 is 20.6 Å². The normalized spacial score (nSPS) is 11.2. The van der Waals surface area contributed by atoms with E-state index in [0.29, 0.717) is 16.4 Å². The highest BCUT2D eigenvalue weighted by Crippen LogP contribution is 2.17. The zero-order valence-corrected chi connectivity index (χ0v) is 9.42. The molecule has 0 spiro atoms. The topological polar surface area (TPSA) is 71.4 Å². The lowest BCUT2D eigenvalue weighted by Gasteiger charge is -2.01. The smallest absolute Gasteiger partial charge is 0.314 e. The van der Waals surface area contributed by atoms with Crippen LogP contribution < -0.4 is 0 Å². The predicted molar refractivity (Wildman–Crippen MR) is 59.2 cm³/mol. The molecule has 15 heavy (non-hydrogen) atoms. The molecule has 0 radical (unpaired) electrons. The molecular weight excluding hydrogens is 236 g/mol. The lowest BCUT2D eigenvalue weighted by atomic mass is 10.2. The lowest BCUT2D eigenvalue weighted by Crippen LogP contribution is -2.05. The van der Waals surface area contributed by atoms with Gasteiger partial charge in [-0.25, -0.2) is 8.42 Å². The van der Waals surface area contributed by atoms with Gasteiger partial charge in [-0.15, -0.1) is 0 Å². The Balaban J connectivity index is 2.61. The molecule has 0 aromatic heterocycles. The van der Waals surface area contributed by atoms with Crippen molar-refractivity contribution in [2.75, 3.05) is 5.75 Å². The van der Waals surface area contributed by atoms with Gasteiger partial charge < -0.3 is 5.11 Å². The summed E-state index contributed by atoms with van der Waals surface area (Å²) in [6.07, 6.45) is 0. The number of rotatable bonds is 5. The van der Waals surface area contributed by atoms with Crippen LogP contribution >= 0.6 is 10.8 Å². The maximum Gasteiger partial charge on any atom is 0.314 e. The van der Waals surface area contributed by atoms with Crippen LogP contribution in [-0.2, 0) is 19.4 Å². The molecule has 0 aliphatic heterocycles. The largest absolute Gasteiger partial charge is 0.481 e. The summed E-state index contributed by atoms with van der Waals surface area (Å²) in [5, 5.41) is 8.36. The Bertz CT molecular complexity index is 425. The molecule has 0 saturated carbocycles. The van der Waals surface area contributed by atoms with Crippen molar-refractivity contribution in [3.8, 4) is 0 Å². The molecule has 1 aromatic rings. The Hall–Kier alpha value is -1.01. The Morgan fingerprint density at radius 1 is 1.27 bits per heavy atom. The summed E-state index contributed by atoms with van der Waals surface area (Å²) in [5.74, 6) is -1.68. The first-order chi connectivity index (χ1) is 6.99. The van der Waals surface area contributed by atoms with Crippen molar-refractivity contribution in [2.45, 2.75) is 5.75 Å². The first kappa shape index (κ1) is 12.1. The standard InChI is InChI=1S/C9H10O4S2/c10-9(11)6-14-15(12,13)7-8-4-2-1-3-5-8/h1-5H,6-7H2,(H,10,11). The summed E-state index contributed by atoms with van der Waals surface area (Å²) in [6, 6.07) is 8.66. The van der Waals surface area contributed by atoms with Gasteiger partial charge in [0.25, 0.3) is 0 Å². The van der Waals surface area contributed by atoms with Gasteiger partial charge in [0.1, 0.15) is 5.75 Å². The summed E-state index contributed by atoms with van der Waals surface area (Å²) >= 11 is 0. The van der Waals surface area contributed by atoms with Crippen molar-refractivity contribution in [2.24, 2.45) is 0 Å². The molecule has 4 nitrogen and oxygen atoms in total. The van der Waals surface area contributed by atoms with Gasteiger partial charge in [-0.1, -0.05) is 30.3 Å². The molecule has 1 aromatic carbocycles. The number of carboxylic acids is 1. The monoisotopic (exact) mass is 246 g/mol. The molecule has 1 N–H and O–H groups in total. The van der Waals surface area contributed by atoms with E-state index in [-0.39, 0.29) is 5.75 Å². The van der Waals surface area contributed by atoms with Crippen LogP contribution in [0.25, 0.3) is 0 Å². The second-order valence-corrected chi connectivity index (χ2v) is 7.00. The van der Waals surface area contributed by atoms with E-state index >= 15 is 0 Å². The van der Waals surface area contributed by atoms with Crippen LogP contribution in [0, 0.1) is 0 Å². The Kier molecular flexibility index (Phi) is 4.16. The van der Waals surface area contributed by atoms with Crippen LogP contribution in [-0.4, -0.2) is 25.2 Å². The summed E-state index contributed by atoms with van der Waals surface area (Å²) in [6.45, 7) is 0. The number of hydrogen-bond donors (Lipinski definition) is 1. The highest BCUT2D eigenvalue weighted by molar-refractivity contribution is 8.71. The molecule has 82 valence electrons. The minimum atomic E-state index is -3.39.